The Bertz CT molecular complexity index is 612. The monoisotopic (exact) mass is 334 g/mol. The van der Waals surface area contributed by atoms with E-state index >= 15 is 0 Å². The number of hydrogen-bond donors (Lipinski definition) is 2. The van der Waals surface area contributed by atoms with E-state index in [1.165, 1.54) is 7.11 Å². The van der Waals surface area contributed by atoms with Crippen LogP contribution in [0.15, 0.2) is 46.9 Å². The van der Waals surface area contributed by atoms with Gasteiger partial charge in [0.05, 0.1) is 7.11 Å². The zero-order valence-electron chi connectivity index (χ0n) is 11.0. The lowest BCUT2D eigenvalue weighted by atomic mass is 10.1. The van der Waals surface area contributed by atoms with E-state index in [0.29, 0.717) is 23.5 Å². The highest BCUT2D eigenvalue weighted by Gasteiger charge is 2.15. The van der Waals surface area contributed by atoms with Crippen molar-refractivity contribution >= 4 is 27.5 Å². The normalized spacial score (nSPS) is 10.1. The van der Waals surface area contributed by atoms with Gasteiger partial charge >= 0.3 is 0 Å². The van der Waals surface area contributed by atoms with Crippen LogP contribution in [0.1, 0.15) is 15.9 Å². The van der Waals surface area contributed by atoms with Gasteiger partial charge in [-0.3, -0.25) is 4.79 Å². The van der Waals surface area contributed by atoms with Gasteiger partial charge in [0.15, 0.2) is 0 Å². The Morgan fingerprint density at radius 2 is 1.95 bits per heavy atom. The van der Waals surface area contributed by atoms with Crippen molar-refractivity contribution < 1.29 is 9.53 Å². The molecule has 20 heavy (non-hydrogen) atoms. The van der Waals surface area contributed by atoms with Crippen LogP contribution >= 0.6 is 15.9 Å². The molecule has 0 aromatic heterocycles. The van der Waals surface area contributed by atoms with Crippen LogP contribution in [-0.2, 0) is 6.54 Å². The van der Waals surface area contributed by atoms with Crippen molar-refractivity contribution in [2.45, 2.75) is 6.54 Å². The minimum Gasteiger partial charge on any atom is -0.496 e. The van der Waals surface area contributed by atoms with E-state index in [1.807, 2.05) is 24.3 Å². The van der Waals surface area contributed by atoms with E-state index in [2.05, 4.69) is 21.2 Å². The second kappa shape index (κ2) is 6.43. The molecule has 2 rings (SSSR count). The van der Waals surface area contributed by atoms with Gasteiger partial charge in [0, 0.05) is 16.7 Å². The predicted octanol–water partition coefficient (Wildman–Crippen LogP) is 2.97. The second-order valence-corrected chi connectivity index (χ2v) is 5.15. The predicted molar refractivity (Wildman–Crippen MR) is 82.7 cm³/mol. The Morgan fingerprint density at radius 1 is 1.25 bits per heavy atom. The fraction of sp³-hybridized carbons (Fsp3) is 0.133. The number of rotatable bonds is 4. The van der Waals surface area contributed by atoms with Crippen molar-refractivity contribution in [2.75, 3.05) is 12.8 Å². The van der Waals surface area contributed by atoms with E-state index in [4.69, 9.17) is 10.5 Å². The highest BCUT2D eigenvalue weighted by Crippen LogP contribution is 2.23. The molecule has 0 saturated carbocycles. The molecule has 0 aliphatic rings. The summed E-state index contributed by atoms with van der Waals surface area (Å²) < 4.78 is 6.17. The lowest BCUT2D eigenvalue weighted by Gasteiger charge is -2.11. The zero-order chi connectivity index (χ0) is 14.5. The molecule has 0 atom stereocenters. The first-order valence-corrected chi connectivity index (χ1v) is 6.86. The molecule has 0 aliphatic carbocycles. The van der Waals surface area contributed by atoms with Crippen molar-refractivity contribution in [1.29, 1.82) is 0 Å². The maximum absolute atomic E-state index is 12.2. The summed E-state index contributed by atoms with van der Waals surface area (Å²) >= 11 is 3.37. The molecule has 0 spiro atoms. The largest absolute Gasteiger partial charge is 0.496 e. The Morgan fingerprint density at radius 3 is 2.60 bits per heavy atom. The number of halogens is 1. The molecule has 4 nitrogen and oxygen atoms in total. The highest BCUT2D eigenvalue weighted by atomic mass is 79.9. The first-order valence-electron chi connectivity index (χ1n) is 6.07. The minimum atomic E-state index is -0.247. The standard InChI is InChI=1S/C15H15BrN2O2/c1-20-13-4-2-3-12(17)14(13)15(19)18-9-10-5-7-11(16)8-6-10/h2-8H,9,17H2,1H3,(H,18,19). The molecule has 0 bridgehead atoms. The van der Waals surface area contributed by atoms with Gasteiger partial charge in [0.2, 0.25) is 0 Å². The van der Waals surface area contributed by atoms with Gasteiger partial charge in [-0.05, 0) is 29.8 Å². The van der Waals surface area contributed by atoms with Crippen molar-refractivity contribution in [3.05, 3.63) is 58.1 Å². The molecular weight excluding hydrogens is 320 g/mol. The van der Waals surface area contributed by atoms with Gasteiger partial charge < -0.3 is 15.8 Å². The van der Waals surface area contributed by atoms with Crippen LogP contribution in [0.25, 0.3) is 0 Å². The molecular formula is C15H15BrN2O2. The van der Waals surface area contributed by atoms with Gasteiger partial charge in [0.1, 0.15) is 11.3 Å². The van der Waals surface area contributed by atoms with Gasteiger partial charge in [0.25, 0.3) is 5.91 Å². The molecule has 0 fully saturated rings. The summed E-state index contributed by atoms with van der Waals surface area (Å²) in [6.45, 7) is 0.434. The van der Waals surface area contributed by atoms with E-state index < -0.39 is 0 Å². The van der Waals surface area contributed by atoms with Gasteiger partial charge in [-0.1, -0.05) is 34.1 Å². The summed E-state index contributed by atoms with van der Waals surface area (Å²) in [5, 5.41) is 2.84. The molecule has 104 valence electrons. The van der Waals surface area contributed by atoms with E-state index in [-0.39, 0.29) is 5.91 Å². The number of benzene rings is 2. The maximum Gasteiger partial charge on any atom is 0.257 e. The molecule has 2 aromatic rings. The number of amides is 1. The summed E-state index contributed by atoms with van der Waals surface area (Å²) in [7, 11) is 1.51. The lowest BCUT2D eigenvalue weighted by molar-refractivity contribution is 0.0949. The average molecular weight is 335 g/mol. The number of carbonyl (C=O) groups excluding carboxylic acids is 1. The van der Waals surface area contributed by atoms with Crippen molar-refractivity contribution in [1.82, 2.24) is 5.32 Å². The third kappa shape index (κ3) is 3.30. The molecule has 0 heterocycles. The summed E-state index contributed by atoms with van der Waals surface area (Å²) in [6, 6.07) is 12.9. The van der Waals surface area contributed by atoms with Crippen LogP contribution in [0.4, 0.5) is 5.69 Å². The van der Waals surface area contributed by atoms with Gasteiger partial charge in [-0.2, -0.15) is 0 Å². The molecule has 5 heteroatoms. The Labute approximate surface area is 126 Å². The highest BCUT2D eigenvalue weighted by molar-refractivity contribution is 9.10. The summed E-state index contributed by atoms with van der Waals surface area (Å²) in [5.74, 6) is 0.223. The van der Waals surface area contributed by atoms with E-state index in [9.17, 15) is 4.79 Å². The number of methoxy groups -OCH3 is 1. The SMILES string of the molecule is COc1cccc(N)c1C(=O)NCc1ccc(Br)cc1. The molecule has 3 N–H and O–H groups in total. The van der Waals surface area contributed by atoms with Crippen molar-refractivity contribution in [2.24, 2.45) is 0 Å². The summed E-state index contributed by atoms with van der Waals surface area (Å²) in [4.78, 5) is 12.2. The van der Waals surface area contributed by atoms with Crippen LogP contribution in [0.5, 0.6) is 5.75 Å². The fourth-order valence-electron chi connectivity index (χ4n) is 1.83. The topological polar surface area (TPSA) is 64.3 Å². The number of hydrogen-bond acceptors (Lipinski definition) is 3. The average Bonchev–Trinajstić information content (AvgIpc) is 2.46. The Kier molecular flexibility index (Phi) is 4.63. The third-order valence-corrected chi connectivity index (χ3v) is 3.40. The first kappa shape index (κ1) is 14.4. The molecule has 0 saturated heterocycles. The molecule has 2 aromatic carbocycles. The lowest BCUT2D eigenvalue weighted by Crippen LogP contribution is -2.24. The number of nitrogens with two attached hydrogens (primary N) is 1. The quantitative estimate of drug-likeness (QED) is 0.845. The van der Waals surface area contributed by atoms with Gasteiger partial charge in [-0.15, -0.1) is 0 Å². The van der Waals surface area contributed by atoms with Crippen LogP contribution in [0.3, 0.4) is 0 Å². The summed E-state index contributed by atoms with van der Waals surface area (Å²) in [5.41, 5.74) is 7.62. The number of anilines is 1. The Balaban J connectivity index is 2.11. The van der Waals surface area contributed by atoms with Crippen LogP contribution in [0, 0.1) is 0 Å². The third-order valence-electron chi connectivity index (χ3n) is 2.87. The van der Waals surface area contributed by atoms with Crippen LogP contribution in [0.2, 0.25) is 0 Å². The molecule has 0 unspecified atom stereocenters. The zero-order valence-corrected chi connectivity index (χ0v) is 12.6. The van der Waals surface area contributed by atoms with E-state index in [0.717, 1.165) is 10.0 Å². The number of nitrogens with one attached hydrogen (secondary N) is 1. The van der Waals surface area contributed by atoms with Crippen LogP contribution < -0.4 is 15.8 Å². The van der Waals surface area contributed by atoms with Crippen LogP contribution in [-0.4, -0.2) is 13.0 Å². The Hall–Kier alpha value is -2.01. The minimum absolute atomic E-state index is 0.247. The second-order valence-electron chi connectivity index (χ2n) is 4.23. The molecule has 1 amide bonds. The number of nitrogen functional groups attached to an aromatic ring is 1. The smallest absolute Gasteiger partial charge is 0.257 e. The molecule has 0 radical (unpaired) electrons. The maximum atomic E-state index is 12.2. The molecule has 0 aliphatic heterocycles. The summed E-state index contributed by atoms with van der Waals surface area (Å²) in [6.07, 6.45) is 0. The number of ether oxygens (including phenoxy) is 1. The fourth-order valence-corrected chi connectivity index (χ4v) is 2.10. The van der Waals surface area contributed by atoms with Crippen molar-refractivity contribution in [3.8, 4) is 5.75 Å². The first-order chi connectivity index (χ1) is 9.61. The van der Waals surface area contributed by atoms with Crippen molar-refractivity contribution in [3.63, 3.8) is 0 Å². The number of carbonyl (C=O) groups is 1. The van der Waals surface area contributed by atoms with E-state index in [1.54, 1.807) is 18.2 Å². The van der Waals surface area contributed by atoms with Gasteiger partial charge in [-0.25, -0.2) is 0 Å².